The van der Waals surface area contributed by atoms with E-state index in [4.69, 9.17) is 16.3 Å². The molecule has 2 atom stereocenters. The highest BCUT2D eigenvalue weighted by atomic mass is 35.5. The number of ether oxygens (including phenoxy) is 1. The Hall–Kier alpha value is -1.82. The molecule has 1 aromatic carbocycles. The number of carbonyl (C=O) groups excluding carboxylic acids is 1. The highest BCUT2D eigenvalue weighted by molar-refractivity contribution is 6.30. The summed E-state index contributed by atoms with van der Waals surface area (Å²) < 4.78 is 19.1. The third-order valence-electron chi connectivity index (χ3n) is 3.95. The maximum absolute atomic E-state index is 13.8. The van der Waals surface area contributed by atoms with Crippen molar-refractivity contribution in [1.29, 1.82) is 0 Å². The zero-order chi connectivity index (χ0) is 18.1. The number of likely N-dealkylation sites (tertiary alicyclic amines) is 1. The molecule has 1 amide bonds. The first kappa shape index (κ1) is 18.5. The van der Waals surface area contributed by atoms with Gasteiger partial charge in [0.15, 0.2) is 0 Å². The van der Waals surface area contributed by atoms with E-state index in [0.717, 1.165) is 0 Å². The lowest BCUT2D eigenvalue weighted by Gasteiger charge is -2.37. The summed E-state index contributed by atoms with van der Waals surface area (Å²) in [5.41, 5.74) is -0.125. The molecule has 1 aromatic rings. The van der Waals surface area contributed by atoms with E-state index >= 15 is 0 Å². The first-order valence-corrected chi connectivity index (χ1v) is 8.12. The Morgan fingerprint density at radius 2 is 2.04 bits per heavy atom. The minimum absolute atomic E-state index is 0.0227. The molecule has 132 valence electrons. The Morgan fingerprint density at radius 3 is 2.58 bits per heavy atom. The zero-order valence-electron chi connectivity index (χ0n) is 13.9. The Morgan fingerprint density at radius 1 is 1.38 bits per heavy atom. The van der Waals surface area contributed by atoms with Crippen LogP contribution in [0.4, 0.5) is 9.18 Å². The van der Waals surface area contributed by atoms with Crippen LogP contribution >= 0.6 is 11.6 Å². The van der Waals surface area contributed by atoms with Gasteiger partial charge in [-0.15, -0.1) is 0 Å². The number of benzene rings is 1. The van der Waals surface area contributed by atoms with Crippen molar-refractivity contribution in [2.24, 2.45) is 5.92 Å². The summed E-state index contributed by atoms with van der Waals surface area (Å²) in [7, 11) is 0. The van der Waals surface area contributed by atoms with Crippen molar-refractivity contribution in [3.63, 3.8) is 0 Å². The van der Waals surface area contributed by atoms with Crippen LogP contribution in [0.15, 0.2) is 18.2 Å². The molecule has 0 aliphatic carbocycles. The predicted octanol–water partition coefficient (Wildman–Crippen LogP) is 3.90. The molecule has 1 fully saturated rings. The van der Waals surface area contributed by atoms with Gasteiger partial charge in [0.25, 0.3) is 0 Å². The van der Waals surface area contributed by atoms with E-state index in [1.165, 1.54) is 17.0 Å². The quantitative estimate of drug-likeness (QED) is 0.871. The number of amides is 1. The van der Waals surface area contributed by atoms with Crippen molar-refractivity contribution < 1.29 is 23.8 Å². The number of halogens is 2. The molecule has 0 radical (unpaired) electrons. The summed E-state index contributed by atoms with van der Waals surface area (Å²) in [6.45, 7) is 5.74. The molecule has 2 unspecified atom stereocenters. The molecule has 0 spiro atoms. The lowest BCUT2D eigenvalue weighted by molar-refractivity contribution is -0.144. The Kier molecular flexibility index (Phi) is 5.38. The van der Waals surface area contributed by atoms with Crippen LogP contribution in [0.2, 0.25) is 5.02 Å². The van der Waals surface area contributed by atoms with Gasteiger partial charge in [0.05, 0.1) is 10.9 Å². The van der Waals surface area contributed by atoms with E-state index in [1.807, 2.05) is 0 Å². The summed E-state index contributed by atoms with van der Waals surface area (Å²) in [4.78, 5) is 25.3. The summed E-state index contributed by atoms with van der Waals surface area (Å²) >= 11 is 5.69. The van der Waals surface area contributed by atoms with Gasteiger partial charge in [-0.3, -0.25) is 4.79 Å². The van der Waals surface area contributed by atoms with E-state index in [1.54, 1.807) is 26.8 Å². The van der Waals surface area contributed by atoms with Gasteiger partial charge in [0, 0.05) is 19.0 Å². The van der Waals surface area contributed by atoms with Gasteiger partial charge in [-0.05, 0) is 44.9 Å². The molecule has 0 aromatic heterocycles. The van der Waals surface area contributed by atoms with Crippen LogP contribution in [0, 0.1) is 11.7 Å². The van der Waals surface area contributed by atoms with Gasteiger partial charge in [-0.25, -0.2) is 9.18 Å². The second-order valence-electron chi connectivity index (χ2n) is 6.94. The van der Waals surface area contributed by atoms with Gasteiger partial charge in [0.1, 0.15) is 11.4 Å². The van der Waals surface area contributed by atoms with Crippen LogP contribution < -0.4 is 0 Å². The maximum Gasteiger partial charge on any atom is 0.410 e. The highest BCUT2D eigenvalue weighted by Gasteiger charge is 2.38. The summed E-state index contributed by atoms with van der Waals surface area (Å²) in [5, 5.41) is 9.43. The monoisotopic (exact) mass is 357 g/mol. The molecule has 5 nitrogen and oxygen atoms in total. The number of carboxylic acid groups (broad SMARTS) is 1. The molecule has 1 heterocycles. The minimum Gasteiger partial charge on any atom is -0.481 e. The largest absolute Gasteiger partial charge is 0.481 e. The molecule has 1 aliphatic rings. The van der Waals surface area contributed by atoms with E-state index in [9.17, 15) is 19.1 Å². The van der Waals surface area contributed by atoms with Crippen LogP contribution in [0.3, 0.4) is 0 Å². The SMILES string of the molecule is CC(C)(C)OC(=O)N1CCC(C(=O)O)C(c2ccc(Cl)c(F)c2)C1. The standard InChI is InChI=1S/C17H21ClFNO4/c1-17(2,3)24-16(23)20-7-6-11(15(21)22)12(9-20)10-4-5-13(18)14(19)8-10/h4-5,8,11-12H,6-7,9H2,1-3H3,(H,21,22). The lowest BCUT2D eigenvalue weighted by Crippen LogP contribution is -2.46. The number of carboxylic acids is 1. The Balaban J connectivity index is 2.25. The molecular weight excluding hydrogens is 337 g/mol. The number of piperidine rings is 1. The molecule has 1 saturated heterocycles. The minimum atomic E-state index is -0.959. The van der Waals surface area contributed by atoms with Crippen LogP contribution in [0.1, 0.15) is 38.7 Å². The normalized spacial score (nSPS) is 21.5. The number of rotatable bonds is 2. The smallest absolute Gasteiger partial charge is 0.410 e. The van der Waals surface area contributed by atoms with E-state index in [0.29, 0.717) is 12.1 Å². The third kappa shape index (κ3) is 4.38. The van der Waals surface area contributed by atoms with Crippen molar-refractivity contribution in [1.82, 2.24) is 4.90 Å². The fourth-order valence-electron chi connectivity index (χ4n) is 2.82. The number of hydrogen-bond donors (Lipinski definition) is 1. The zero-order valence-corrected chi connectivity index (χ0v) is 14.6. The van der Waals surface area contributed by atoms with Crippen molar-refractivity contribution in [2.75, 3.05) is 13.1 Å². The topological polar surface area (TPSA) is 66.8 Å². The van der Waals surface area contributed by atoms with Crippen LogP contribution in [0.25, 0.3) is 0 Å². The second kappa shape index (κ2) is 6.97. The number of hydrogen-bond acceptors (Lipinski definition) is 3. The molecule has 1 aliphatic heterocycles. The fourth-order valence-corrected chi connectivity index (χ4v) is 2.94. The third-order valence-corrected chi connectivity index (χ3v) is 4.26. The summed E-state index contributed by atoms with van der Waals surface area (Å²) in [6.07, 6.45) is -0.213. The van der Waals surface area contributed by atoms with Crippen molar-refractivity contribution in [3.8, 4) is 0 Å². The Bertz CT molecular complexity index is 644. The predicted molar refractivity (Wildman–Crippen MR) is 87.7 cm³/mol. The average Bonchev–Trinajstić information content (AvgIpc) is 2.47. The summed E-state index contributed by atoms with van der Waals surface area (Å²) in [6, 6.07) is 4.24. The van der Waals surface area contributed by atoms with Gasteiger partial charge in [-0.2, -0.15) is 0 Å². The van der Waals surface area contributed by atoms with Gasteiger partial charge in [-0.1, -0.05) is 17.7 Å². The lowest BCUT2D eigenvalue weighted by atomic mass is 9.81. The van der Waals surface area contributed by atoms with Gasteiger partial charge in [0.2, 0.25) is 0 Å². The van der Waals surface area contributed by atoms with Gasteiger partial charge < -0.3 is 14.7 Å². The molecule has 2 rings (SSSR count). The fraction of sp³-hybridized carbons (Fsp3) is 0.529. The second-order valence-corrected chi connectivity index (χ2v) is 7.35. The maximum atomic E-state index is 13.8. The van der Waals surface area contributed by atoms with Crippen LogP contribution in [-0.2, 0) is 9.53 Å². The van der Waals surface area contributed by atoms with Crippen LogP contribution in [0.5, 0.6) is 0 Å². The summed E-state index contributed by atoms with van der Waals surface area (Å²) in [5.74, 6) is -2.77. The first-order chi connectivity index (χ1) is 11.1. The number of nitrogens with zero attached hydrogens (tertiary/aromatic N) is 1. The molecular formula is C17H21ClFNO4. The van der Waals surface area contributed by atoms with E-state index < -0.39 is 35.3 Å². The number of carbonyl (C=O) groups is 2. The number of aliphatic carboxylic acids is 1. The van der Waals surface area contributed by atoms with Crippen molar-refractivity contribution in [2.45, 2.75) is 38.7 Å². The van der Waals surface area contributed by atoms with Crippen LogP contribution in [-0.4, -0.2) is 40.8 Å². The molecule has 0 saturated carbocycles. The first-order valence-electron chi connectivity index (χ1n) is 7.74. The van der Waals surface area contributed by atoms with Crippen molar-refractivity contribution >= 4 is 23.7 Å². The van der Waals surface area contributed by atoms with E-state index in [2.05, 4.69) is 0 Å². The Labute approximate surface area is 145 Å². The van der Waals surface area contributed by atoms with E-state index in [-0.39, 0.29) is 18.0 Å². The molecule has 1 N–H and O–H groups in total. The van der Waals surface area contributed by atoms with Crippen molar-refractivity contribution in [3.05, 3.63) is 34.6 Å². The average molecular weight is 358 g/mol. The molecule has 24 heavy (non-hydrogen) atoms. The van der Waals surface area contributed by atoms with Gasteiger partial charge >= 0.3 is 12.1 Å². The molecule has 0 bridgehead atoms. The molecule has 7 heteroatoms. The highest BCUT2D eigenvalue weighted by Crippen LogP contribution is 2.34.